The Hall–Kier alpha value is -2.49. The van der Waals surface area contributed by atoms with E-state index >= 15 is 0 Å². The van der Waals surface area contributed by atoms with Crippen LogP contribution in [-0.2, 0) is 19.1 Å². The Bertz CT molecular complexity index is 1010. The molecule has 0 aliphatic carbocycles. The van der Waals surface area contributed by atoms with Crippen LogP contribution in [0.1, 0.15) is 28.2 Å². The summed E-state index contributed by atoms with van der Waals surface area (Å²) < 4.78 is 40.3. The van der Waals surface area contributed by atoms with E-state index in [1.165, 1.54) is 0 Å². The highest BCUT2D eigenvalue weighted by molar-refractivity contribution is 6.29. The second kappa shape index (κ2) is 5.76. The zero-order valence-electron chi connectivity index (χ0n) is 13.8. The second-order valence-electron chi connectivity index (χ2n) is 6.14. The molecular weight excluding hydrogens is 371 g/mol. The van der Waals surface area contributed by atoms with Crippen molar-refractivity contribution in [2.45, 2.75) is 33.0 Å². The van der Waals surface area contributed by atoms with Gasteiger partial charge >= 0.3 is 6.18 Å². The lowest BCUT2D eigenvalue weighted by molar-refractivity contribution is -0.146. The number of anilines is 1. The highest BCUT2D eigenvalue weighted by atomic mass is 35.5. The molecule has 0 saturated carbocycles. The highest BCUT2D eigenvalue weighted by Crippen LogP contribution is 2.32. The first kappa shape index (κ1) is 17.0. The molecule has 0 amide bonds. The Morgan fingerprint density at radius 2 is 1.85 bits per heavy atom. The van der Waals surface area contributed by atoms with E-state index in [2.05, 4.69) is 25.5 Å². The van der Waals surface area contributed by atoms with Crippen LogP contribution in [-0.4, -0.2) is 36.6 Å². The fraction of sp³-hybridized carbons (Fsp3) is 0.400. The van der Waals surface area contributed by atoms with Gasteiger partial charge in [-0.2, -0.15) is 22.8 Å². The van der Waals surface area contributed by atoms with Gasteiger partial charge in [0.1, 0.15) is 0 Å². The van der Waals surface area contributed by atoms with E-state index in [1.54, 1.807) is 13.0 Å². The van der Waals surface area contributed by atoms with E-state index in [0.29, 0.717) is 30.9 Å². The topological polar surface area (TPSA) is 72.1 Å². The Labute approximate surface area is 150 Å². The first-order valence-corrected chi connectivity index (χ1v) is 8.19. The standard InChI is InChI=1S/C15H13ClF3N7/c1-7-8(2)13(24-26-12(7)22-23-14(26)15(17,18)19)25-4-3-10-9(6-25)5-11(16)21-20-10/h5H,3-4,6H2,1-2H3. The summed E-state index contributed by atoms with van der Waals surface area (Å²) in [6, 6.07) is 1.72. The molecule has 3 aromatic heterocycles. The minimum Gasteiger partial charge on any atom is -0.350 e. The summed E-state index contributed by atoms with van der Waals surface area (Å²) in [6.45, 7) is 4.52. The van der Waals surface area contributed by atoms with Crippen LogP contribution in [0.15, 0.2) is 6.07 Å². The van der Waals surface area contributed by atoms with Crippen LogP contribution in [0.3, 0.4) is 0 Å². The Morgan fingerprint density at radius 3 is 2.58 bits per heavy atom. The van der Waals surface area contributed by atoms with E-state index in [9.17, 15) is 13.2 Å². The largest absolute Gasteiger partial charge is 0.453 e. The number of halogens is 4. The van der Waals surface area contributed by atoms with Crippen molar-refractivity contribution >= 4 is 23.1 Å². The number of aryl methyl sites for hydroxylation is 1. The van der Waals surface area contributed by atoms with Gasteiger partial charge in [-0.3, -0.25) is 0 Å². The smallest absolute Gasteiger partial charge is 0.350 e. The minimum atomic E-state index is -4.64. The minimum absolute atomic E-state index is 0.102. The van der Waals surface area contributed by atoms with E-state index in [4.69, 9.17) is 11.6 Å². The second-order valence-corrected chi connectivity index (χ2v) is 6.53. The summed E-state index contributed by atoms with van der Waals surface area (Å²) in [5, 5.41) is 19.3. The quantitative estimate of drug-likeness (QED) is 0.643. The third kappa shape index (κ3) is 2.64. The number of nitrogens with zero attached hydrogens (tertiary/aromatic N) is 7. The van der Waals surface area contributed by atoms with Crippen molar-refractivity contribution in [2.24, 2.45) is 0 Å². The molecule has 0 N–H and O–H groups in total. The van der Waals surface area contributed by atoms with Gasteiger partial charge in [0, 0.05) is 30.6 Å². The maximum atomic E-state index is 13.2. The summed E-state index contributed by atoms with van der Waals surface area (Å²) in [5.41, 5.74) is 3.19. The van der Waals surface area contributed by atoms with Crippen LogP contribution < -0.4 is 4.90 Å². The summed E-state index contributed by atoms with van der Waals surface area (Å²) >= 11 is 5.91. The van der Waals surface area contributed by atoms with Crippen molar-refractivity contribution in [1.82, 2.24) is 30.0 Å². The number of fused-ring (bicyclic) bond motifs is 2. The zero-order chi connectivity index (χ0) is 18.6. The fourth-order valence-electron chi connectivity index (χ4n) is 3.07. The van der Waals surface area contributed by atoms with Gasteiger partial charge in [0.25, 0.3) is 5.82 Å². The number of alkyl halides is 3. The SMILES string of the molecule is Cc1c(N2CCc3nnc(Cl)cc3C2)nn2c(C(F)(F)F)nnc2c1C. The van der Waals surface area contributed by atoms with Gasteiger partial charge in [-0.05, 0) is 25.5 Å². The van der Waals surface area contributed by atoms with Gasteiger partial charge in [0.2, 0.25) is 0 Å². The van der Waals surface area contributed by atoms with Gasteiger partial charge in [-0.25, -0.2) is 0 Å². The Balaban J connectivity index is 1.83. The molecule has 136 valence electrons. The number of hydrogen-bond donors (Lipinski definition) is 0. The monoisotopic (exact) mass is 383 g/mol. The lowest BCUT2D eigenvalue weighted by Gasteiger charge is -2.30. The van der Waals surface area contributed by atoms with Gasteiger partial charge in [-0.1, -0.05) is 11.6 Å². The first-order chi connectivity index (χ1) is 12.3. The molecule has 0 fully saturated rings. The normalized spacial score (nSPS) is 14.8. The highest BCUT2D eigenvalue weighted by Gasteiger charge is 2.38. The third-order valence-electron chi connectivity index (χ3n) is 4.53. The zero-order valence-corrected chi connectivity index (χ0v) is 14.6. The number of aromatic nitrogens is 6. The van der Waals surface area contributed by atoms with E-state index in [0.717, 1.165) is 21.3 Å². The summed E-state index contributed by atoms with van der Waals surface area (Å²) in [5.74, 6) is -0.679. The summed E-state index contributed by atoms with van der Waals surface area (Å²) in [6.07, 6.45) is -4.03. The van der Waals surface area contributed by atoms with Crippen molar-refractivity contribution in [3.63, 3.8) is 0 Å². The van der Waals surface area contributed by atoms with Gasteiger partial charge in [0.15, 0.2) is 16.6 Å². The van der Waals surface area contributed by atoms with Crippen molar-refractivity contribution < 1.29 is 13.2 Å². The molecule has 0 radical (unpaired) electrons. The van der Waals surface area contributed by atoms with Crippen LogP contribution in [0.5, 0.6) is 0 Å². The number of rotatable bonds is 1. The molecule has 1 aliphatic heterocycles. The molecule has 0 saturated heterocycles. The lowest BCUT2D eigenvalue weighted by atomic mass is 10.1. The molecule has 4 rings (SSSR count). The van der Waals surface area contributed by atoms with Crippen molar-refractivity contribution in [2.75, 3.05) is 11.4 Å². The van der Waals surface area contributed by atoms with E-state index < -0.39 is 12.0 Å². The predicted molar refractivity (Wildman–Crippen MR) is 87.1 cm³/mol. The van der Waals surface area contributed by atoms with Gasteiger partial charge in [0.05, 0.1) is 5.69 Å². The number of hydrogen-bond acceptors (Lipinski definition) is 6. The lowest BCUT2D eigenvalue weighted by Crippen LogP contribution is -2.33. The molecule has 0 bridgehead atoms. The molecule has 0 spiro atoms. The molecule has 26 heavy (non-hydrogen) atoms. The fourth-order valence-corrected chi connectivity index (χ4v) is 3.24. The summed E-state index contributed by atoms with van der Waals surface area (Å²) in [4.78, 5) is 1.91. The van der Waals surface area contributed by atoms with E-state index in [-0.39, 0.29) is 10.8 Å². The van der Waals surface area contributed by atoms with Crippen LogP contribution in [0.4, 0.5) is 19.0 Å². The van der Waals surface area contributed by atoms with Crippen molar-refractivity contribution in [3.05, 3.63) is 39.4 Å². The Kier molecular flexibility index (Phi) is 3.76. The Morgan fingerprint density at radius 1 is 1.08 bits per heavy atom. The summed E-state index contributed by atoms with van der Waals surface area (Å²) in [7, 11) is 0. The first-order valence-electron chi connectivity index (χ1n) is 7.81. The van der Waals surface area contributed by atoms with E-state index in [1.807, 2.05) is 11.8 Å². The van der Waals surface area contributed by atoms with Crippen molar-refractivity contribution in [3.8, 4) is 0 Å². The molecular formula is C15H13ClF3N7. The average Bonchev–Trinajstić information content (AvgIpc) is 3.01. The molecule has 0 atom stereocenters. The maximum absolute atomic E-state index is 13.2. The van der Waals surface area contributed by atoms with Crippen LogP contribution in [0, 0.1) is 13.8 Å². The average molecular weight is 384 g/mol. The van der Waals surface area contributed by atoms with Crippen molar-refractivity contribution in [1.29, 1.82) is 0 Å². The molecule has 1 aliphatic rings. The maximum Gasteiger partial charge on any atom is 0.453 e. The molecule has 7 nitrogen and oxygen atoms in total. The molecule has 4 heterocycles. The third-order valence-corrected chi connectivity index (χ3v) is 4.72. The predicted octanol–water partition coefficient (Wildman–Crippen LogP) is 2.77. The van der Waals surface area contributed by atoms with Gasteiger partial charge < -0.3 is 4.90 Å². The molecule has 11 heteroatoms. The molecule has 0 aromatic carbocycles. The van der Waals surface area contributed by atoms with Gasteiger partial charge in [-0.15, -0.1) is 20.4 Å². The molecule has 3 aromatic rings. The van der Waals surface area contributed by atoms with Crippen LogP contribution in [0.2, 0.25) is 5.15 Å². The molecule has 0 unspecified atom stereocenters. The van der Waals surface area contributed by atoms with Crippen LogP contribution in [0.25, 0.3) is 5.65 Å². The van der Waals surface area contributed by atoms with Crippen LogP contribution >= 0.6 is 11.6 Å².